The molecule has 0 amide bonds. The van der Waals surface area contributed by atoms with Gasteiger partial charge < -0.3 is 5.73 Å². The summed E-state index contributed by atoms with van der Waals surface area (Å²) in [4.78, 5) is 11.9. The van der Waals surface area contributed by atoms with Gasteiger partial charge in [0.25, 0.3) is 0 Å². The Hall–Kier alpha value is -1.87. The molecule has 0 unspecified atom stereocenters. The summed E-state index contributed by atoms with van der Waals surface area (Å²) in [5.41, 5.74) is 7.75. The van der Waals surface area contributed by atoms with E-state index >= 15 is 0 Å². The molecule has 2 N–H and O–H groups in total. The van der Waals surface area contributed by atoms with Crippen LogP contribution in [0.4, 0.5) is 5.69 Å². The first kappa shape index (κ1) is 12.6. The maximum Gasteiger partial charge on any atom is 0.187 e. The van der Waals surface area contributed by atoms with Crippen molar-refractivity contribution in [2.45, 2.75) is 0 Å². The summed E-state index contributed by atoms with van der Waals surface area (Å²) in [5.74, 6) is -0.0897. The van der Waals surface area contributed by atoms with Crippen LogP contribution in [0, 0.1) is 0 Å². The minimum Gasteiger partial charge on any atom is -0.398 e. The molecular formula is C15H12BrNO. The average molecular weight is 302 g/mol. The number of halogens is 1. The molecule has 2 nitrogen and oxygen atoms in total. The molecule has 2 aromatic carbocycles. The monoisotopic (exact) mass is 301 g/mol. The lowest BCUT2D eigenvalue weighted by Gasteiger charge is -2.00. The van der Waals surface area contributed by atoms with Gasteiger partial charge in [-0.3, -0.25) is 4.79 Å². The zero-order valence-corrected chi connectivity index (χ0v) is 11.2. The number of nitrogen functional groups attached to an aromatic ring is 1. The van der Waals surface area contributed by atoms with Crippen molar-refractivity contribution in [3.8, 4) is 0 Å². The van der Waals surface area contributed by atoms with Gasteiger partial charge in [0.15, 0.2) is 5.78 Å². The Morgan fingerprint density at radius 2 is 1.89 bits per heavy atom. The van der Waals surface area contributed by atoms with E-state index in [2.05, 4.69) is 15.9 Å². The number of hydrogen-bond acceptors (Lipinski definition) is 2. The molecule has 0 aliphatic carbocycles. The second-order valence-electron chi connectivity index (χ2n) is 3.84. The third-order valence-electron chi connectivity index (χ3n) is 2.50. The molecule has 0 fully saturated rings. The zero-order chi connectivity index (χ0) is 13.0. The Balaban J connectivity index is 2.20. The van der Waals surface area contributed by atoms with E-state index in [0.29, 0.717) is 11.3 Å². The first-order chi connectivity index (χ1) is 8.66. The molecule has 0 aromatic heterocycles. The van der Waals surface area contributed by atoms with Crippen LogP contribution in [0.25, 0.3) is 6.08 Å². The fraction of sp³-hybridized carbons (Fsp3) is 0. The lowest BCUT2D eigenvalue weighted by molar-refractivity contribution is 0.104. The SMILES string of the molecule is Nc1ccccc1C(=O)/C=C/c1cccc(Br)c1. The van der Waals surface area contributed by atoms with Crippen LogP contribution in [0.15, 0.2) is 59.1 Å². The Labute approximate surface area is 114 Å². The summed E-state index contributed by atoms with van der Waals surface area (Å²) in [5, 5.41) is 0. The van der Waals surface area contributed by atoms with E-state index in [1.54, 1.807) is 24.3 Å². The highest BCUT2D eigenvalue weighted by molar-refractivity contribution is 9.10. The fourth-order valence-electron chi connectivity index (χ4n) is 1.59. The predicted molar refractivity (Wildman–Crippen MR) is 78.4 cm³/mol. The van der Waals surface area contributed by atoms with Gasteiger partial charge >= 0.3 is 0 Å². The summed E-state index contributed by atoms with van der Waals surface area (Å²) in [7, 11) is 0. The van der Waals surface area contributed by atoms with E-state index in [4.69, 9.17) is 5.73 Å². The lowest BCUT2D eigenvalue weighted by Crippen LogP contribution is -1.99. The number of rotatable bonds is 3. The predicted octanol–water partition coefficient (Wildman–Crippen LogP) is 3.93. The molecule has 3 heteroatoms. The molecule has 0 atom stereocenters. The molecule has 0 radical (unpaired) electrons. The van der Waals surface area contributed by atoms with Crippen LogP contribution >= 0.6 is 15.9 Å². The topological polar surface area (TPSA) is 43.1 Å². The largest absolute Gasteiger partial charge is 0.398 e. The van der Waals surface area contributed by atoms with Crippen molar-refractivity contribution in [2.75, 3.05) is 5.73 Å². The van der Waals surface area contributed by atoms with Crippen molar-refractivity contribution in [3.05, 3.63) is 70.2 Å². The number of hydrogen-bond donors (Lipinski definition) is 1. The molecule has 0 aliphatic rings. The highest BCUT2D eigenvalue weighted by atomic mass is 79.9. The van der Waals surface area contributed by atoms with Gasteiger partial charge in [-0.2, -0.15) is 0 Å². The Morgan fingerprint density at radius 1 is 1.11 bits per heavy atom. The summed E-state index contributed by atoms with van der Waals surface area (Å²) < 4.78 is 0.983. The van der Waals surface area contributed by atoms with Gasteiger partial charge in [0.1, 0.15) is 0 Å². The van der Waals surface area contributed by atoms with Gasteiger partial charge in [0.05, 0.1) is 0 Å². The number of para-hydroxylation sites is 1. The van der Waals surface area contributed by atoms with Crippen molar-refractivity contribution < 1.29 is 4.79 Å². The van der Waals surface area contributed by atoms with Gasteiger partial charge in [0.2, 0.25) is 0 Å². The Kier molecular flexibility index (Phi) is 3.95. The van der Waals surface area contributed by atoms with Crippen molar-refractivity contribution >= 4 is 33.5 Å². The smallest absolute Gasteiger partial charge is 0.187 e. The number of anilines is 1. The van der Waals surface area contributed by atoms with E-state index in [9.17, 15) is 4.79 Å². The Bertz CT molecular complexity index is 605. The van der Waals surface area contributed by atoms with E-state index in [-0.39, 0.29) is 5.78 Å². The minimum atomic E-state index is -0.0897. The third-order valence-corrected chi connectivity index (χ3v) is 3.00. The Morgan fingerprint density at radius 3 is 2.61 bits per heavy atom. The molecule has 0 heterocycles. The molecule has 0 saturated carbocycles. The maximum absolute atomic E-state index is 11.9. The van der Waals surface area contributed by atoms with Crippen LogP contribution in [0.1, 0.15) is 15.9 Å². The average Bonchev–Trinajstić information content (AvgIpc) is 2.37. The van der Waals surface area contributed by atoms with Gasteiger partial charge in [-0.25, -0.2) is 0 Å². The molecule has 0 aliphatic heterocycles. The van der Waals surface area contributed by atoms with Gasteiger partial charge in [0, 0.05) is 15.7 Å². The first-order valence-electron chi connectivity index (χ1n) is 5.49. The molecule has 18 heavy (non-hydrogen) atoms. The van der Waals surface area contributed by atoms with Crippen LogP contribution in [-0.4, -0.2) is 5.78 Å². The number of nitrogens with two attached hydrogens (primary N) is 1. The number of benzene rings is 2. The highest BCUT2D eigenvalue weighted by Gasteiger charge is 2.04. The van der Waals surface area contributed by atoms with E-state index < -0.39 is 0 Å². The standard InChI is InChI=1S/C15H12BrNO/c16-12-5-3-4-11(10-12)8-9-15(18)13-6-1-2-7-14(13)17/h1-10H,17H2/b9-8+. The molecule has 0 bridgehead atoms. The number of carbonyl (C=O) groups is 1. The van der Waals surface area contributed by atoms with E-state index in [1.165, 1.54) is 6.08 Å². The van der Waals surface area contributed by atoms with Crippen LogP contribution in [-0.2, 0) is 0 Å². The molecule has 0 spiro atoms. The molecule has 90 valence electrons. The molecule has 0 saturated heterocycles. The maximum atomic E-state index is 11.9. The quantitative estimate of drug-likeness (QED) is 0.530. The summed E-state index contributed by atoms with van der Waals surface area (Å²) in [6.45, 7) is 0. The van der Waals surface area contributed by atoms with Gasteiger partial charge in [-0.05, 0) is 35.9 Å². The van der Waals surface area contributed by atoms with Gasteiger partial charge in [-0.15, -0.1) is 0 Å². The lowest BCUT2D eigenvalue weighted by atomic mass is 10.1. The normalized spacial score (nSPS) is 10.7. The van der Waals surface area contributed by atoms with Crippen LogP contribution in [0.3, 0.4) is 0 Å². The zero-order valence-electron chi connectivity index (χ0n) is 9.64. The number of allylic oxidation sites excluding steroid dienone is 1. The van der Waals surface area contributed by atoms with Crippen LogP contribution in [0.2, 0.25) is 0 Å². The first-order valence-corrected chi connectivity index (χ1v) is 6.28. The minimum absolute atomic E-state index is 0.0897. The number of ketones is 1. The highest BCUT2D eigenvalue weighted by Crippen LogP contribution is 2.15. The van der Waals surface area contributed by atoms with E-state index in [1.807, 2.05) is 30.3 Å². The van der Waals surface area contributed by atoms with Crippen molar-refractivity contribution in [2.24, 2.45) is 0 Å². The summed E-state index contributed by atoms with van der Waals surface area (Å²) >= 11 is 3.39. The van der Waals surface area contributed by atoms with Crippen LogP contribution < -0.4 is 5.73 Å². The van der Waals surface area contributed by atoms with Crippen LogP contribution in [0.5, 0.6) is 0 Å². The number of carbonyl (C=O) groups excluding carboxylic acids is 1. The van der Waals surface area contributed by atoms with Gasteiger partial charge in [-0.1, -0.05) is 46.3 Å². The second kappa shape index (κ2) is 5.65. The fourth-order valence-corrected chi connectivity index (χ4v) is 2.01. The summed E-state index contributed by atoms with van der Waals surface area (Å²) in [6.07, 6.45) is 3.31. The van der Waals surface area contributed by atoms with Crippen molar-refractivity contribution in [1.82, 2.24) is 0 Å². The van der Waals surface area contributed by atoms with Crippen molar-refractivity contribution in [1.29, 1.82) is 0 Å². The summed E-state index contributed by atoms with van der Waals surface area (Å²) in [6, 6.07) is 14.8. The van der Waals surface area contributed by atoms with Crippen molar-refractivity contribution in [3.63, 3.8) is 0 Å². The molecule has 2 aromatic rings. The molecular weight excluding hydrogens is 290 g/mol. The molecule has 2 rings (SSSR count). The third kappa shape index (κ3) is 3.08. The second-order valence-corrected chi connectivity index (χ2v) is 4.76. The van der Waals surface area contributed by atoms with E-state index in [0.717, 1.165) is 10.0 Å².